The van der Waals surface area contributed by atoms with Crippen LogP contribution < -0.4 is 0 Å². The number of thiophene rings is 1. The van der Waals surface area contributed by atoms with Crippen molar-refractivity contribution in [2.24, 2.45) is 0 Å². The molecule has 1 aromatic carbocycles. The molecule has 2 atom stereocenters. The van der Waals surface area contributed by atoms with Crippen LogP contribution in [-0.4, -0.2) is 48.9 Å². The van der Waals surface area contributed by atoms with Crippen LogP contribution in [0, 0.1) is 18.6 Å². The first kappa shape index (κ1) is 22.7. The Hall–Kier alpha value is -1.45. The molecule has 31 heavy (non-hydrogen) atoms. The standard InChI is InChI=1S/C18H17F2N3O4S4/c1-12-21-15(11-28-12)16-5-6-17(29-16)30(24,25)22-7-9-23(10-8-22)31(26,27)18-13(19)3-2-4-14(18)20/h2-6,11H,7-10H2,1H3. The van der Waals surface area contributed by atoms with Gasteiger partial charge < -0.3 is 9.11 Å². The average Bonchev–Trinajstić information content (AvgIpc) is 3.37. The Morgan fingerprint density at radius 1 is 0.968 bits per heavy atom. The fourth-order valence-electron chi connectivity index (χ4n) is 3.21. The summed E-state index contributed by atoms with van der Waals surface area (Å²) < 4.78 is 81.6. The molecule has 0 saturated carbocycles. The molecule has 1 fully saturated rings. The van der Waals surface area contributed by atoms with Gasteiger partial charge in [0.2, 0.25) is 9.10 Å². The molecule has 2 aromatic heterocycles. The molecule has 1 aliphatic heterocycles. The zero-order valence-corrected chi connectivity index (χ0v) is 19.4. The van der Waals surface area contributed by atoms with E-state index in [1.807, 2.05) is 12.3 Å². The maximum atomic E-state index is 14.0. The van der Waals surface area contributed by atoms with Crippen molar-refractivity contribution in [3.8, 4) is 10.6 Å². The Morgan fingerprint density at radius 2 is 1.55 bits per heavy atom. The van der Waals surface area contributed by atoms with Gasteiger partial charge in [0.25, 0.3) is 0 Å². The van der Waals surface area contributed by atoms with E-state index in [-0.39, 0.29) is 30.4 Å². The van der Waals surface area contributed by atoms with Gasteiger partial charge in [0.1, 0.15) is 0 Å². The molecule has 0 amide bonds. The summed E-state index contributed by atoms with van der Waals surface area (Å²) in [6, 6.07) is 6.01. The minimum atomic E-state index is -4.43. The minimum Gasteiger partial charge on any atom is -0.593 e. The first-order chi connectivity index (χ1) is 14.6. The number of nitrogens with zero attached hydrogens (tertiary/aromatic N) is 3. The summed E-state index contributed by atoms with van der Waals surface area (Å²) in [6.07, 6.45) is 0. The van der Waals surface area contributed by atoms with Gasteiger partial charge in [-0.2, -0.15) is 0 Å². The van der Waals surface area contributed by atoms with Crippen molar-refractivity contribution in [2.45, 2.75) is 16.0 Å². The van der Waals surface area contributed by atoms with Gasteiger partial charge in [0, 0.05) is 11.4 Å². The molecule has 1 saturated heterocycles. The van der Waals surface area contributed by atoms with Crippen LogP contribution in [0.4, 0.5) is 8.78 Å². The summed E-state index contributed by atoms with van der Waals surface area (Å²) in [6.45, 7) is 1.19. The molecule has 13 heteroatoms. The van der Waals surface area contributed by atoms with Crippen LogP contribution in [0.15, 0.2) is 44.8 Å². The highest BCUT2D eigenvalue weighted by molar-refractivity contribution is 7.97. The molecule has 4 rings (SSSR count). The van der Waals surface area contributed by atoms with E-state index in [0.717, 1.165) is 43.7 Å². The van der Waals surface area contributed by atoms with E-state index in [9.17, 15) is 26.3 Å². The molecular formula is C18H17F2N3O4S4. The zero-order chi connectivity index (χ0) is 22.4. The van der Waals surface area contributed by atoms with Crippen LogP contribution in [0.5, 0.6) is 0 Å². The topological polar surface area (TPSA) is 99.6 Å². The van der Waals surface area contributed by atoms with E-state index >= 15 is 0 Å². The van der Waals surface area contributed by atoms with Crippen molar-refractivity contribution in [1.29, 1.82) is 0 Å². The number of thiazole rings is 1. The van der Waals surface area contributed by atoms with Crippen molar-refractivity contribution in [3.63, 3.8) is 0 Å². The van der Waals surface area contributed by atoms with Crippen LogP contribution >= 0.6 is 22.7 Å². The van der Waals surface area contributed by atoms with Crippen molar-refractivity contribution < 1.29 is 26.3 Å². The van der Waals surface area contributed by atoms with Gasteiger partial charge in [-0.05, 0) is 25.1 Å². The van der Waals surface area contributed by atoms with Crippen LogP contribution in [0.1, 0.15) is 5.01 Å². The van der Waals surface area contributed by atoms with E-state index < -0.39 is 37.3 Å². The lowest BCUT2D eigenvalue weighted by Gasteiger charge is -2.36. The summed E-state index contributed by atoms with van der Waals surface area (Å²) in [4.78, 5) is 4.06. The molecule has 0 radical (unpaired) electrons. The largest absolute Gasteiger partial charge is 0.593 e. The van der Waals surface area contributed by atoms with E-state index in [4.69, 9.17) is 0 Å². The van der Waals surface area contributed by atoms with Crippen LogP contribution in [0.3, 0.4) is 0 Å². The van der Waals surface area contributed by atoms with Crippen LogP contribution in [0.2, 0.25) is 0 Å². The molecule has 0 aliphatic carbocycles. The van der Waals surface area contributed by atoms with Crippen LogP contribution in [0.25, 0.3) is 10.6 Å². The normalized spacial score (nSPS) is 19.8. The molecule has 0 N–H and O–H groups in total. The third-order valence-electron chi connectivity index (χ3n) is 4.76. The van der Waals surface area contributed by atoms with Gasteiger partial charge in [0.05, 0.1) is 41.8 Å². The third-order valence-corrected chi connectivity index (χ3v) is 11.0. The number of sulfonamides is 2. The molecule has 0 spiro atoms. The predicted octanol–water partition coefficient (Wildman–Crippen LogP) is 3.58. The minimum absolute atomic E-state index is 0.124. The number of aryl methyl sites for hydroxylation is 1. The Morgan fingerprint density at radius 3 is 2.10 bits per heavy atom. The van der Waals surface area contributed by atoms with Gasteiger partial charge >= 0.3 is 0 Å². The highest BCUT2D eigenvalue weighted by Crippen LogP contribution is 2.36. The second kappa shape index (κ2) is 8.48. The lowest BCUT2D eigenvalue weighted by molar-refractivity contribution is 0.240. The van der Waals surface area contributed by atoms with E-state index in [1.54, 1.807) is 6.07 Å². The van der Waals surface area contributed by atoms with Crippen LogP contribution in [-0.2, 0) is 29.2 Å². The number of rotatable bonds is 5. The number of benzene rings is 1. The van der Waals surface area contributed by atoms with Gasteiger partial charge in [-0.15, -0.1) is 19.9 Å². The quantitative estimate of drug-likeness (QED) is 0.494. The maximum absolute atomic E-state index is 14.0. The summed E-state index contributed by atoms with van der Waals surface area (Å²) in [5.41, 5.74) is 0.705. The maximum Gasteiger partial charge on any atom is 0.246 e. The lowest BCUT2D eigenvalue weighted by Crippen LogP contribution is -2.53. The molecule has 0 bridgehead atoms. The number of halogens is 2. The average molecular weight is 506 g/mol. The van der Waals surface area contributed by atoms with E-state index in [1.165, 1.54) is 21.7 Å². The summed E-state index contributed by atoms with van der Waals surface area (Å²) in [7, 11) is -8.26. The van der Waals surface area contributed by atoms with E-state index in [2.05, 4.69) is 4.98 Å². The highest BCUT2D eigenvalue weighted by Gasteiger charge is 2.42. The SMILES string of the molecule is Cc1nc(-c2ccc([S+](=O)([O-])N3CCN([S+](=O)([O-])c4c(F)cccc4F)CC3)s2)cs1. The second-order valence-corrected chi connectivity index (χ2v) is 12.9. The van der Waals surface area contributed by atoms with Crippen molar-refractivity contribution >= 4 is 43.5 Å². The van der Waals surface area contributed by atoms with E-state index in [0.29, 0.717) is 5.69 Å². The number of hydrogen-bond acceptors (Lipinski definition) is 7. The van der Waals surface area contributed by atoms with Crippen molar-refractivity contribution in [1.82, 2.24) is 13.6 Å². The molecular weight excluding hydrogens is 488 g/mol. The smallest absolute Gasteiger partial charge is 0.246 e. The third kappa shape index (κ3) is 4.28. The Kier molecular flexibility index (Phi) is 6.22. The molecule has 3 heterocycles. The number of aromatic nitrogens is 1. The zero-order valence-electron chi connectivity index (χ0n) is 16.2. The molecule has 166 valence electrons. The first-order valence-electron chi connectivity index (χ1n) is 9.07. The van der Waals surface area contributed by atoms with Crippen molar-refractivity contribution in [3.05, 3.63) is 52.4 Å². The van der Waals surface area contributed by atoms with Gasteiger partial charge in [-0.3, -0.25) is 0 Å². The fraction of sp³-hybridized carbons (Fsp3) is 0.278. The second-order valence-electron chi connectivity index (χ2n) is 6.73. The van der Waals surface area contributed by atoms with Gasteiger partial charge in [0.15, 0.2) is 32.4 Å². The fourth-order valence-corrected chi connectivity index (χ4v) is 8.27. The monoisotopic (exact) mass is 505 g/mol. The molecule has 7 nitrogen and oxygen atoms in total. The number of piperazine rings is 1. The summed E-state index contributed by atoms with van der Waals surface area (Å²) in [5, 5.41) is 2.72. The van der Waals surface area contributed by atoms with Gasteiger partial charge in [-0.25, -0.2) is 13.8 Å². The first-order valence-corrected chi connectivity index (χ1v) is 13.6. The summed E-state index contributed by atoms with van der Waals surface area (Å²) in [5.74, 6) is -2.36. The molecule has 3 aromatic rings. The highest BCUT2D eigenvalue weighted by atomic mass is 32.3. The molecule has 2 unspecified atom stereocenters. The summed E-state index contributed by atoms with van der Waals surface area (Å²) >= 11 is 2.56. The Bertz CT molecular complexity index is 1190. The van der Waals surface area contributed by atoms with Crippen molar-refractivity contribution in [2.75, 3.05) is 26.2 Å². The lowest BCUT2D eigenvalue weighted by atomic mass is 10.3. The Balaban J connectivity index is 1.50. The van der Waals surface area contributed by atoms with Gasteiger partial charge in [-0.1, -0.05) is 25.8 Å². The number of hydrogen-bond donors (Lipinski definition) is 0. The molecule has 1 aliphatic rings. The Labute approximate surface area is 188 Å². The predicted molar refractivity (Wildman–Crippen MR) is 114 cm³/mol.